The average molecular weight is 406 g/mol. The number of nitrogens with zero attached hydrogens (tertiary/aromatic N) is 2. The molecule has 2 heterocycles. The van der Waals surface area contributed by atoms with E-state index in [-0.39, 0.29) is 23.0 Å². The van der Waals surface area contributed by atoms with Crippen molar-refractivity contribution >= 4 is 17.3 Å². The van der Waals surface area contributed by atoms with Gasteiger partial charge in [0.1, 0.15) is 11.6 Å². The summed E-state index contributed by atoms with van der Waals surface area (Å²) >= 11 is 5.97. The number of nitrogens with one attached hydrogen (secondary N) is 3. The van der Waals surface area contributed by atoms with Crippen molar-refractivity contribution in [2.75, 3.05) is 19.6 Å². The number of aliphatic hydroxyl groups excluding tert-OH is 1. The highest BCUT2D eigenvalue weighted by molar-refractivity contribution is 6.31. The summed E-state index contributed by atoms with van der Waals surface area (Å²) in [4.78, 5) is 19.7. The number of imidazole rings is 1. The van der Waals surface area contributed by atoms with E-state index in [2.05, 4.69) is 40.3 Å². The predicted molar refractivity (Wildman–Crippen MR) is 115 cm³/mol. The summed E-state index contributed by atoms with van der Waals surface area (Å²) in [6, 6.07) is 0. The second-order valence-corrected chi connectivity index (χ2v) is 7.29. The Labute approximate surface area is 170 Å². The van der Waals surface area contributed by atoms with Gasteiger partial charge in [-0.2, -0.15) is 0 Å². The molecule has 0 unspecified atom stereocenters. The zero-order valence-corrected chi connectivity index (χ0v) is 17.2. The normalized spacial score (nSPS) is 18.0. The molecule has 0 saturated carbocycles. The first-order valence-corrected chi connectivity index (χ1v) is 9.50. The summed E-state index contributed by atoms with van der Waals surface area (Å²) in [5.41, 5.74) is 1.92. The van der Waals surface area contributed by atoms with Crippen LogP contribution in [-0.4, -0.2) is 40.0 Å². The van der Waals surface area contributed by atoms with E-state index in [9.17, 15) is 9.90 Å². The summed E-state index contributed by atoms with van der Waals surface area (Å²) < 4.78 is 1.47. The van der Waals surface area contributed by atoms with Crippen LogP contribution >= 0.6 is 11.6 Å². The lowest BCUT2D eigenvalue weighted by molar-refractivity contribution is 0.422. The van der Waals surface area contributed by atoms with Crippen LogP contribution in [0.1, 0.15) is 24.7 Å². The topological polar surface area (TPSA) is 94.4 Å². The third-order valence-corrected chi connectivity index (χ3v) is 5.04. The van der Waals surface area contributed by atoms with Gasteiger partial charge in [-0.3, -0.25) is 4.57 Å². The summed E-state index contributed by atoms with van der Waals surface area (Å²) in [6.45, 7) is 17.6. The Bertz CT molecular complexity index is 885. The maximum atomic E-state index is 12.4. The first kappa shape index (κ1) is 21.8. The lowest BCUT2D eigenvalue weighted by Gasteiger charge is -2.12. The van der Waals surface area contributed by atoms with Crippen LogP contribution in [0.2, 0.25) is 0 Å². The van der Waals surface area contributed by atoms with Gasteiger partial charge in [-0.05, 0) is 45.4 Å². The summed E-state index contributed by atoms with van der Waals surface area (Å²) in [6.07, 6.45) is 2.40. The van der Waals surface area contributed by atoms with Crippen LogP contribution in [0.25, 0.3) is 0 Å². The van der Waals surface area contributed by atoms with Crippen LogP contribution < -0.4 is 16.3 Å². The molecule has 28 heavy (non-hydrogen) atoms. The predicted octanol–water partition coefficient (Wildman–Crippen LogP) is 2.71. The molecule has 152 valence electrons. The molecule has 4 N–H and O–H groups in total. The van der Waals surface area contributed by atoms with Gasteiger partial charge in [0.15, 0.2) is 0 Å². The first-order chi connectivity index (χ1) is 13.2. The number of H-pyrrole nitrogens is 1. The number of aliphatic hydroxyl groups is 1. The fourth-order valence-corrected chi connectivity index (χ4v) is 3.29. The SMILES string of the molecule is C=C/C(O)=C(/Cn1c(C)c(/C(C)=N\C(=C)NC[C@@H]2CCNC2)[nH]c1=O)C(=C)Cl. The van der Waals surface area contributed by atoms with Crippen LogP contribution in [0.15, 0.2) is 57.8 Å². The zero-order valence-electron chi connectivity index (χ0n) is 16.4. The van der Waals surface area contributed by atoms with Crippen molar-refractivity contribution in [2.45, 2.75) is 26.8 Å². The van der Waals surface area contributed by atoms with E-state index in [0.717, 1.165) is 26.1 Å². The number of hydrogen-bond acceptors (Lipinski definition) is 5. The van der Waals surface area contributed by atoms with Crippen LogP contribution in [0, 0.1) is 12.8 Å². The molecule has 1 aliphatic heterocycles. The molecular formula is C20H28ClN5O2. The molecule has 1 fully saturated rings. The van der Waals surface area contributed by atoms with E-state index in [0.29, 0.717) is 34.4 Å². The lowest BCUT2D eigenvalue weighted by Crippen LogP contribution is -2.23. The van der Waals surface area contributed by atoms with Gasteiger partial charge in [0.05, 0.1) is 18.0 Å². The third kappa shape index (κ3) is 5.27. The van der Waals surface area contributed by atoms with Crippen LogP contribution in [-0.2, 0) is 6.54 Å². The van der Waals surface area contributed by atoms with Crippen molar-refractivity contribution in [1.82, 2.24) is 20.2 Å². The number of halogens is 1. The molecule has 0 aromatic carbocycles. The Hall–Kier alpha value is -2.51. The fraction of sp³-hybridized carbons (Fsp3) is 0.400. The molecule has 1 aromatic heterocycles. The molecule has 1 atom stereocenters. The molecule has 2 rings (SSSR count). The number of aromatic nitrogens is 2. The molecule has 1 aromatic rings. The Balaban J connectivity index is 2.19. The van der Waals surface area contributed by atoms with Crippen LogP contribution in [0.3, 0.4) is 0 Å². The van der Waals surface area contributed by atoms with Crippen LogP contribution in [0.5, 0.6) is 0 Å². The van der Waals surface area contributed by atoms with Crippen molar-refractivity contribution in [3.63, 3.8) is 0 Å². The Morgan fingerprint density at radius 3 is 2.79 bits per heavy atom. The molecule has 7 nitrogen and oxygen atoms in total. The second-order valence-electron chi connectivity index (χ2n) is 6.83. The highest BCUT2D eigenvalue weighted by atomic mass is 35.5. The minimum atomic E-state index is -0.329. The van der Waals surface area contributed by atoms with Crippen molar-refractivity contribution < 1.29 is 5.11 Å². The third-order valence-electron chi connectivity index (χ3n) is 4.81. The minimum Gasteiger partial charge on any atom is -0.508 e. The number of rotatable bonds is 9. The molecule has 0 aliphatic carbocycles. The van der Waals surface area contributed by atoms with E-state index in [1.165, 1.54) is 10.6 Å². The Kier molecular flexibility index (Phi) is 7.48. The highest BCUT2D eigenvalue weighted by Gasteiger charge is 2.17. The lowest BCUT2D eigenvalue weighted by atomic mass is 10.1. The fourth-order valence-electron chi connectivity index (χ4n) is 3.13. The van der Waals surface area contributed by atoms with Gasteiger partial charge in [0.25, 0.3) is 0 Å². The standard InChI is InChI=1S/C20H28ClN5O2/c1-6-18(27)17(12(2)21)11-26-14(4)19(25-20(26)28)13(3)24-15(5)23-10-16-7-8-22-9-16/h6,16,22-23,27H,1-2,5,7-11H2,3-4H3,(H,25,28)/b18-17+,24-13-/t16-/m1/s1. The Morgan fingerprint density at radius 1 is 1.50 bits per heavy atom. The molecule has 1 aliphatic rings. The summed E-state index contributed by atoms with van der Waals surface area (Å²) in [5.74, 6) is 1.01. The highest BCUT2D eigenvalue weighted by Crippen LogP contribution is 2.19. The van der Waals surface area contributed by atoms with Gasteiger partial charge in [0.2, 0.25) is 0 Å². The average Bonchev–Trinajstić information content (AvgIpc) is 3.26. The number of aromatic amines is 1. The van der Waals surface area contributed by atoms with Gasteiger partial charge < -0.3 is 20.7 Å². The molecule has 0 amide bonds. The summed E-state index contributed by atoms with van der Waals surface area (Å²) in [5, 5.41) is 16.7. The Morgan fingerprint density at radius 2 is 2.21 bits per heavy atom. The molecule has 0 bridgehead atoms. The van der Waals surface area contributed by atoms with Gasteiger partial charge >= 0.3 is 5.69 Å². The van der Waals surface area contributed by atoms with E-state index < -0.39 is 0 Å². The monoisotopic (exact) mass is 405 g/mol. The molecule has 1 saturated heterocycles. The molecular weight excluding hydrogens is 378 g/mol. The zero-order chi connectivity index (χ0) is 20.8. The van der Waals surface area contributed by atoms with Crippen molar-refractivity contribution in [3.8, 4) is 0 Å². The van der Waals surface area contributed by atoms with Gasteiger partial charge in [-0.15, -0.1) is 0 Å². The van der Waals surface area contributed by atoms with Crippen LogP contribution in [0.4, 0.5) is 0 Å². The molecule has 8 heteroatoms. The molecule has 0 spiro atoms. The van der Waals surface area contributed by atoms with E-state index >= 15 is 0 Å². The minimum absolute atomic E-state index is 0.0719. The van der Waals surface area contributed by atoms with E-state index in [1.807, 2.05) is 6.92 Å². The number of allylic oxidation sites excluding steroid dienone is 3. The quantitative estimate of drug-likeness (QED) is 0.288. The van der Waals surface area contributed by atoms with Gasteiger partial charge in [0, 0.05) is 22.8 Å². The van der Waals surface area contributed by atoms with Crippen molar-refractivity contribution in [1.29, 1.82) is 0 Å². The van der Waals surface area contributed by atoms with E-state index in [1.54, 1.807) is 6.92 Å². The van der Waals surface area contributed by atoms with Crippen molar-refractivity contribution in [3.05, 3.63) is 69.9 Å². The largest absolute Gasteiger partial charge is 0.508 e. The molecule has 0 radical (unpaired) electrons. The van der Waals surface area contributed by atoms with E-state index in [4.69, 9.17) is 11.6 Å². The van der Waals surface area contributed by atoms with Crippen molar-refractivity contribution in [2.24, 2.45) is 10.9 Å². The second kappa shape index (κ2) is 9.61. The summed E-state index contributed by atoms with van der Waals surface area (Å²) in [7, 11) is 0. The number of aliphatic imine (C=N–C) groups is 1. The maximum Gasteiger partial charge on any atom is 0.326 e. The smallest absolute Gasteiger partial charge is 0.326 e. The number of hydrogen-bond donors (Lipinski definition) is 4. The maximum absolute atomic E-state index is 12.4. The first-order valence-electron chi connectivity index (χ1n) is 9.12. The van der Waals surface area contributed by atoms with Gasteiger partial charge in [-0.1, -0.05) is 31.3 Å². The van der Waals surface area contributed by atoms with Gasteiger partial charge in [-0.25, -0.2) is 9.79 Å².